The van der Waals surface area contributed by atoms with E-state index in [1.54, 1.807) is 41.5 Å². The molecule has 1 unspecified atom stereocenters. The molecule has 8 nitrogen and oxygen atoms in total. The molecule has 0 radical (unpaired) electrons. The van der Waals surface area contributed by atoms with Gasteiger partial charge >= 0.3 is 0 Å². The summed E-state index contributed by atoms with van der Waals surface area (Å²) in [7, 11) is 0. The third-order valence-electron chi connectivity index (χ3n) is 4.39. The minimum atomic E-state index is -0.449. The molecule has 1 atom stereocenters. The predicted molar refractivity (Wildman–Crippen MR) is 97.2 cm³/mol. The van der Waals surface area contributed by atoms with Crippen LogP contribution in [0.3, 0.4) is 0 Å². The molecule has 3 aromatic rings. The summed E-state index contributed by atoms with van der Waals surface area (Å²) < 4.78 is 6.82. The van der Waals surface area contributed by atoms with Gasteiger partial charge in [-0.05, 0) is 30.3 Å². The Labute approximate surface area is 159 Å². The van der Waals surface area contributed by atoms with Gasteiger partial charge in [0.15, 0.2) is 0 Å². The zero-order chi connectivity index (χ0) is 18.8. The Kier molecular flexibility index (Phi) is 4.64. The van der Waals surface area contributed by atoms with E-state index in [1.165, 1.54) is 17.3 Å². The molecule has 1 saturated heterocycles. The maximum absolute atomic E-state index is 12.7. The fourth-order valence-corrected chi connectivity index (χ4v) is 3.24. The molecule has 1 fully saturated rings. The maximum Gasteiger partial charge on any atom is 0.229 e. The van der Waals surface area contributed by atoms with Gasteiger partial charge in [-0.2, -0.15) is 5.10 Å². The van der Waals surface area contributed by atoms with E-state index >= 15 is 0 Å². The Balaban J connectivity index is 1.48. The lowest BCUT2D eigenvalue weighted by Gasteiger charge is -2.16. The van der Waals surface area contributed by atoms with Gasteiger partial charge in [-0.1, -0.05) is 11.6 Å². The fourth-order valence-electron chi connectivity index (χ4n) is 3.07. The van der Waals surface area contributed by atoms with Gasteiger partial charge in [-0.3, -0.25) is 9.59 Å². The first kappa shape index (κ1) is 17.3. The number of hydrogen-bond acceptors (Lipinski definition) is 5. The average molecular weight is 386 g/mol. The van der Waals surface area contributed by atoms with Gasteiger partial charge in [0.05, 0.1) is 30.1 Å². The molecule has 1 aliphatic rings. The second kappa shape index (κ2) is 7.24. The van der Waals surface area contributed by atoms with Gasteiger partial charge < -0.3 is 14.6 Å². The Morgan fingerprint density at radius 3 is 3.00 bits per heavy atom. The number of hydrogen-bond donors (Lipinski definition) is 1. The molecular weight excluding hydrogens is 370 g/mol. The number of rotatable bonds is 5. The fraction of sp³-hybridized carbons (Fsp3) is 0.222. The van der Waals surface area contributed by atoms with Crippen LogP contribution in [0, 0.1) is 5.92 Å². The summed E-state index contributed by atoms with van der Waals surface area (Å²) in [5.41, 5.74) is 1.15. The molecule has 4 rings (SSSR count). The third-order valence-corrected chi connectivity index (χ3v) is 4.63. The largest absolute Gasteiger partial charge is 0.467 e. The van der Waals surface area contributed by atoms with Crippen molar-refractivity contribution in [1.29, 1.82) is 0 Å². The minimum absolute atomic E-state index is 0.0749. The Morgan fingerprint density at radius 1 is 1.37 bits per heavy atom. The topological polar surface area (TPSA) is 93.3 Å². The zero-order valence-electron chi connectivity index (χ0n) is 14.2. The first-order chi connectivity index (χ1) is 13.1. The molecule has 0 bridgehead atoms. The molecule has 2 aromatic heterocycles. The van der Waals surface area contributed by atoms with Crippen LogP contribution in [-0.2, 0) is 16.1 Å². The predicted octanol–water partition coefficient (Wildman–Crippen LogP) is 2.50. The maximum atomic E-state index is 12.7. The summed E-state index contributed by atoms with van der Waals surface area (Å²) in [6.07, 6.45) is 4.65. The van der Waals surface area contributed by atoms with Gasteiger partial charge in [-0.15, -0.1) is 0 Å². The summed E-state index contributed by atoms with van der Waals surface area (Å²) in [5.74, 6) is -0.0779. The monoisotopic (exact) mass is 385 g/mol. The quantitative estimate of drug-likeness (QED) is 0.728. The van der Waals surface area contributed by atoms with Crippen LogP contribution in [0.5, 0.6) is 0 Å². The van der Waals surface area contributed by atoms with Crippen LogP contribution < -0.4 is 5.32 Å². The van der Waals surface area contributed by atoms with Gasteiger partial charge in [0, 0.05) is 18.0 Å². The summed E-state index contributed by atoms with van der Waals surface area (Å²) in [6.45, 7) is 0.696. The minimum Gasteiger partial charge on any atom is -0.467 e. The molecule has 3 heterocycles. The third kappa shape index (κ3) is 3.70. The number of likely N-dealkylation sites (tertiary alicyclic amines) is 1. The molecule has 0 spiro atoms. The van der Waals surface area contributed by atoms with Gasteiger partial charge in [-0.25, -0.2) is 9.67 Å². The standard InChI is InChI=1S/C18H16ClN5O3/c19-13-3-4-16(24-11-20-10-21-24)15(7-13)22-18(26)12-6-17(25)23(8-12)9-14-2-1-5-27-14/h1-5,7,10-12H,6,8-9H2,(H,22,26). The number of anilines is 1. The van der Waals surface area contributed by atoms with E-state index in [0.29, 0.717) is 35.2 Å². The molecule has 2 amide bonds. The SMILES string of the molecule is O=C(Nc1cc(Cl)ccc1-n1cncn1)C1CC(=O)N(Cc2ccco2)C1. The molecule has 1 aromatic carbocycles. The van der Waals surface area contributed by atoms with E-state index in [9.17, 15) is 9.59 Å². The number of carbonyl (C=O) groups is 2. The van der Waals surface area contributed by atoms with Gasteiger partial charge in [0.1, 0.15) is 18.4 Å². The highest BCUT2D eigenvalue weighted by Crippen LogP contribution is 2.27. The molecule has 0 aliphatic carbocycles. The smallest absolute Gasteiger partial charge is 0.229 e. The average Bonchev–Trinajstić information content (AvgIpc) is 3.39. The number of halogens is 1. The van der Waals surface area contributed by atoms with Crippen molar-refractivity contribution in [3.05, 3.63) is 60.0 Å². The first-order valence-electron chi connectivity index (χ1n) is 8.36. The summed E-state index contributed by atoms with van der Waals surface area (Å²) in [5, 5.41) is 7.44. The number of furan rings is 1. The number of nitrogens with one attached hydrogen (secondary N) is 1. The van der Waals surface area contributed by atoms with Crippen molar-refractivity contribution in [2.45, 2.75) is 13.0 Å². The number of carbonyl (C=O) groups excluding carboxylic acids is 2. The van der Waals surface area contributed by atoms with Crippen molar-refractivity contribution in [2.24, 2.45) is 5.92 Å². The molecule has 1 N–H and O–H groups in total. The van der Waals surface area contributed by atoms with Crippen LogP contribution in [0.15, 0.2) is 53.7 Å². The van der Waals surface area contributed by atoms with Crippen molar-refractivity contribution >= 4 is 29.1 Å². The highest BCUT2D eigenvalue weighted by molar-refractivity contribution is 6.31. The lowest BCUT2D eigenvalue weighted by atomic mass is 10.1. The molecular formula is C18H16ClN5O3. The highest BCUT2D eigenvalue weighted by Gasteiger charge is 2.35. The van der Waals surface area contributed by atoms with Crippen molar-refractivity contribution in [1.82, 2.24) is 19.7 Å². The Bertz CT molecular complexity index is 956. The van der Waals surface area contributed by atoms with Crippen LogP contribution >= 0.6 is 11.6 Å². The Hall–Kier alpha value is -3.13. The molecule has 138 valence electrons. The molecule has 9 heteroatoms. The van der Waals surface area contributed by atoms with Gasteiger partial charge in [0.2, 0.25) is 11.8 Å². The van der Waals surface area contributed by atoms with E-state index in [1.807, 2.05) is 0 Å². The van der Waals surface area contributed by atoms with E-state index in [-0.39, 0.29) is 18.2 Å². The van der Waals surface area contributed by atoms with Crippen molar-refractivity contribution in [2.75, 3.05) is 11.9 Å². The van der Waals surface area contributed by atoms with Crippen LogP contribution in [0.1, 0.15) is 12.2 Å². The van der Waals surface area contributed by atoms with Gasteiger partial charge in [0.25, 0.3) is 0 Å². The zero-order valence-corrected chi connectivity index (χ0v) is 15.0. The summed E-state index contributed by atoms with van der Waals surface area (Å²) in [6, 6.07) is 8.67. The Morgan fingerprint density at radius 2 is 2.26 bits per heavy atom. The van der Waals surface area contributed by atoms with E-state index in [4.69, 9.17) is 16.0 Å². The van der Waals surface area contributed by atoms with Crippen LogP contribution in [0.4, 0.5) is 5.69 Å². The number of amides is 2. The number of benzene rings is 1. The second-order valence-corrected chi connectivity index (χ2v) is 6.68. The van der Waals surface area contributed by atoms with E-state index in [2.05, 4.69) is 15.4 Å². The molecule has 1 aliphatic heterocycles. The van der Waals surface area contributed by atoms with Crippen molar-refractivity contribution < 1.29 is 14.0 Å². The lowest BCUT2D eigenvalue weighted by molar-refractivity contribution is -0.128. The highest BCUT2D eigenvalue weighted by atomic mass is 35.5. The lowest BCUT2D eigenvalue weighted by Crippen LogP contribution is -2.28. The van der Waals surface area contributed by atoms with Crippen molar-refractivity contribution in [3.8, 4) is 5.69 Å². The van der Waals surface area contributed by atoms with Crippen LogP contribution in [-0.4, -0.2) is 38.0 Å². The second-order valence-electron chi connectivity index (χ2n) is 6.25. The number of aromatic nitrogens is 3. The normalized spacial score (nSPS) is 16.7. The summed E-state index contributed by atoms with van der Waals surface area (Å²) in [4.78, 5) is 30.5. The first-order valence-corrected chi connectivity index (χ1v) is 8.73. The summed E-state index contributed by atoms with van der Waals surface area (Å²) >= 11 is 6.08. The molecule has 27 heavy (non-hydrogen) atoms. The van der Waals surface area contributed by atoms with Crippen LogP contribution in [0.2, 0.25) is 5.02 Å². The number of nitrogens with zero attached hydrogens (tertiary/aromatic N) is 4. The van der Waals surface area contributed by atoms with E-state index < -0.39 is 5.92 Å². The van der Waals surface area contributed by atoms with Crippen molar-refractivity contribution in [3.63, 3.8) is 0 Å². The molecule has 0 saturated carbocycles. The van der Waals surface area contributed by atoms with E-state index in [0.717, 1.165) is 0 Å². The van der Waals surface area contributed by atoms with Crippen LogP contribution in [0.25, 0.3) is 5.69 Å².